The van der Waals surface area contributed by atoms with Gasteiger partial charge in [-0.25, -0.2) is 4.98 Å². The first-order valence-corrected chi connectivity index (χ1v) is 8.85. The van der Waals surface area contributed by atoms with Crippen LogP contribution >= 0.6 is 11.3 Å². The topological polar surface area (TPSA) is 54.8 Å². The molecule has 0 aliphatic heterocycles. The molecule has 0 unspecified atom stereocenters. The highest BCUT2D eigenvalue weighted by atomic mass is 32.1. The highest BCUT2D eigenvalue weighted by Gasteiger charge is 2.27. The Morgan fingerprint density at radius 3 is 2.96 bits per heavy atom. The number of thiazole rings is 1. The molecule has 3 aromatic rings. The van der Waals surface area contributed by atoms with Gasteiger partial charge in [0.05, 0.1) is 17.5 Å². The standard InChI is InChI=1S/C19H17N3OS/c1-12-8-17(13(2)22(12)15-5-6-15)18-11-24-19(21-18)14(10-20)9-16-4-3-7-23-16/h3-4,7-9,11,15H,5-6H2,1-2H3/b14-9+. The lowest BCUT2D eigenvalue weighted by Crippen LogP contribution is -1.98. The number of hydrogen-bond acceptors (Lipinski definition) is 4. The number of rotatable bonds is 4. The molecule has 3 heterocycles. The normalized spacial score (nSPS) is 14.8. The zero-order valence-electron chi connectivity index (χ0n) is 13.6. The number of nitrogens with zero attached hydrogens (tertiary/aromatic N) is 3. The summed E-state index contributed by atoms with van der Waals surface area (Å²) in [6.07, 6.45) is 5.86. The van der Waals surface area contributed by atoms with Crippen molar-refractivity contribution in [3.63, 3.8) is 0 Å². The van der Waals surface area contributed by atoms with E-state index in [1.165, 1.54) is 35.6 Å². The fourth-order valence-corrected chi connectivity index (χ4v) is 3.90. The van der Waals surface area contributed by atoms with Gasteiger partial charge in [0.25, 0.3) is 0 Å². The van der Waals surface area contributed by atoms with Gasteiger partial charge < -0.3 is 8.98 Å². The minimum absolute atomic E-state index is 0.525. The minimum atomic E-state index is 0.525. The third-order valence-electron chi connectivity index (χ3n) is 4.36. The van der Waals surface area contributed by atoms with Crippen LogP contribution in [0.25, 0.3) is 22.9 Å². The Hall–Kier alpha value is -2.58. The van der Waals surface area contributed by atoms with Gasteiger partial charge in [-0.2, -0.15) is 5.26 Å². The van der Waals surface area contributed by atoms with Gasteiger partial charge in [-0.05, 0) is 44.9 Å². The van der Waals surface area contributed by atoms with Crippen LogP contribution in [0.4, 0.5) is 0 Å². The molecular weight excluding hydrogens is 318 g/mol. The van der Waals surface area contributed by atoms with Gasteiger partial charge in [0.1, 0.15) is 16.8 Å². The molecule has 4 rings (SSSR count). The number of hydrogen-bond donors (Lipinski definition) is 0. The summed E-state index contributed by atoms with van der Waals surface area (Å²) in [6, 6.07) is 8.72. The lowest BCUT2D eigenvalue weighted by molar-refractivity contribution is 0.557. The molecule has 0 saturated heterocycles. The summed E-state index contributed by atoms with van der Waals surface area (Å²) in [5.74, 6) is 0.662. The maximum absolute atomic E-state index is 9.44. The predicted molar refractivity (Wildman–Crippen MR) is 95.5 cm³/mol. The van der Waals surface area contributed by atoms with Crippen LogP contribution in [0.2, 0.25) is 0 Å². The SMILES string of the molecule is Cc1cc(-c2csc(/C(C#N)=C/c3ccco3)n2)c(C)n1C1CC1. The van der Waals surface area contributed by atoms with E-state index in [2.05, 4.69) is 30.6 Å². The summed E-state index contributed by atoms with van der Waals surface area (Å²) in [6.45, 7) is 4.31. The van der Waals surface area contributed by atoms with E-state index in [0.717, 1.165) is 16.3 Å². The van der Waals surface area contributed by atoms with Crippen molar-refractivity contribution in [2.75, 3.05) is 0 Å². The molecule has 1 aliphatic rings. The first-order valence-electron chi connectivity index (χ1n) is 7.97. The monoisotopic (exact) mass is 335 g/mol. The third-order valence-corrected chi connectivity index (χ3v) is 5.23. The number of aromatic nitrogens is 2. The van der Waals surface area contributed by atoms with Crippen LogP contribution in [0, 0.1) is 25.2 Å². The van der Waals surface area contributed by atoms with Crippen molar-refractivity contribution in [1.82, 2.24) is 9.55 Å². The average molecular weight is 335 g/mol. The van der Waals surface area contributed by atoms with Crippen LogP contribution in [-0.4, -0.2) is 9.55 Å². The van der Waals surface area contributed by atoms with Crippen LogP contribution < -0.4 is 0 Å². The lowest BCUT2D eigenvalue weighted by Gasteiger charge is -2.06. The van der Waals surface area contributed by atoms with Gasteiger partial charge in [-0.3, -0.25) is 0 Å². The van der Waals surface area contributed by atoms with E-state index >= 15 is 0 Å². The van der Waals surface area contributed by atoms with E-state index in [1.807, 2.05) is 11.4 Å². The average Bonchev–Trinajstić information content (AvgIpc) is 3.00. The molecule has 120 valence electrons. The van der Waals surface area contributed by atoms with Gasteiger partial charge in [0.2, 0.25) is 0 Å². The fraction of sp³-hybridized carbons (Fsp3) is 0.263. The second kappa shape index (κ2) is 5.81. The van der Waals surface area contributed by atoms with Gasteiger partial charge in [-0.15, -0.1) is 11.3 Å². The van der Waals surface area contributed by atoms with Crippen LogP contribution in [0.5, 0.6) is 0 Å². The van der Waals surface area contributed by atoms with Crippen molar-refractivity contribution in [3.05, 3.63) is 52.0 Å². The summed E-state index contributed by atoms with van der Waals surface area (Å²) in [5.41, 5.74) is 5.18. The third kappa shape index (κ3) is 2.59. The fourth-order valence-electron chi connectivity index (χ4n) is 3.11. The second-order valence-electron chi connectivity index (χ2n) is 6.11. The summed E-state index contributed by atoms with van der Waals surface area (Å²) >= 11 is 1.49. The maximum atomic E-state index is 9.44. The van der Waals surface area contributed by atoms with E-state index in [-0.39, 0.29) is 0 Å². The van der Waals surface area contributed by atoms with Crippen molar-refractivity contribution in [3.8, 4) is 17.3 Å². The van der Waals surface area contributed by atoms with Crippen molar-refractivity contribution in [2.24, 2.45) is 0 Å². The Bertz CT molecular complexity index is 950. The van der Waals surface area contributed by atoms with Crippen molar-refractivity contribution >= 4 is 23.0 Å². The molecule has 0 aromatic carbocycles. The number of nitriles is 1. The molecule has 0 amide bonds. The smallest absolute Gasteiger partial charge is 0.134 e. The van der Waals surface area contributed by atoms with Crippen molar-refractivity contribution in [2.45, 2.75) is 32.7 Å². The van der Waals surface area contributed by atoms with E-state index in [0.29, 0.717) is 17.4 Å². The van der Waals surface area contributed by atoms with E-state index in [4.69, 9.17) is 9.40 Å². The Kier molecular flexibility index (Phi) is 3.62. The molecule has 4 nitrogen and oxygen atoms in total. The van der Waals surface area contributed by atoms with Gasteiger partial charge in [0, 0.05) is 34.4 Å². The second-order valence-corrected chi connectivity index (χ2v) is 6.97. The molecule has 0 spiro atoms. The Labute approximate surface area is 144 Å². The molecule has 0 N–H and O–H groups in total. The molecule has 0 radical (unpaired) electrons. The zero-order chi connectivity index (χ0) is 16.7. The largest absolute Gasteiger partial charge is 0.465 e. The van der Waals surface area contributed by atoms with Gasteiger partial charge >= 0.3 is 0 Å². The molecule has 24 heavy (non-hydrogen) atoms. The van der Waals surface area contributed by atoms with Gasteiger partial charge in [-0.1, -0.05) is 0 Å². The Balaban J connectivity index is 1.70. The van der Waals surface area contributed by atoms with Crippen LogP contribution in [0.15, 0.2) is 34.3 Å². The highest BCUT2D eigenvalue weighted by Crippen LogP contribution is 2.40. The van der Waals surface area contributed by atoms with E-state index < -0.39 is 0 Å². The molecule has 1 aliphatic carbocycles. The first kappa shape index (κ1) is 15.0. The van der Waals surface area contributed by atoms with Crippen LogP contribution in [0.3, 0.4) is 0 Å². The van der Waals surface area contributed by atoms with E-state index in [1.54, 1.807) is 18.4 Å². The van der Waals surface area contributed by atoms with E-state index in [9.17, 15) is 5.26 Å². The minimum Gasteiger partial charge on any atom is -0.465 e. The van der Waals surface area contributed by atoms with Crippen molar-refractivity contribution in [1.29, 1.82) is 5.26 Å². The molecule has 3 aromatic heterocycles. The summed E-state index contributed by atoms with van der Waals surface area (Å²) in [4.78, 5) is 4.70. The Morgan fingerprint density at radius 2 is 2.29 bits per heavy atom. The van der Waals surface area contributed by atoms with Crippen LogP contribution in [0.1, 0.15) is 41.0 Å². The molecule has 0 bridgehead atoms. The quantitative estimate of drug-likeness (QED) is 0.614. The lowest BCUT2D eigenvalue weighted by atomic mass is 10.2. The van der Waals surface area contributed by atoms with Crippen LogP contribution in [-0.2, 0) is 0 Å². The predicted octanol–water partition coefficient (Wildman–Crippen LogP) is 5.22. The zero-order valence-corrected chi connectivity index (χ0v) is 14.4. The van der Waals surface area contributed by atoms with Crippen molar-refractivity contribution < 1.29 is 4.42 Å². The molecule has 0 atom stereocenters. The Morgan fingerprint density at radius 1 is 1.46 bits per heavy atom. The highest BCUT2D eigenvalue weighted by molar-refractivity contribution is 7.11. The number of aryl methyl sites for hydroxylation is 1. The summed E-state index contributed by atoms with van der Waals surface area (Å²) < 4.78 is 7.71. The molecule has 1 saturated carbocycles. The first-order chi connectivity index (χ1) is 11.7. The molecular formula is C19H17N3OS. The molecule has 1 fully saturated rings. The molecule has 5 heteroatoms. The van der Waals surface area contributed by atoms with Gasteiger partial charge in [0.15, 0.2) is 0 Å². The summed E-state index contributed by atoms with van der Waals surface area (Å²) in [5, 5.41) is 12.2. The number of allylic oxidation sites excluding steroid dienone is 1. The summed E-state index contributed by atoms with van der Waals surface area (Å²) in [7, 11) is 0. The number of furan rings is 1. The maximum Gasteiger partial charge on any atom is 0.134 e.